The van der Waals surface area contributed by atoms with Gasteiger partial charge >= 0.3 is 0 Å². The molecule has 11 heteroatoms. The van der Waals surface area contributed by atoms with Crippen molar-refractivity contribution in [1.29, 1.82) is 0 Å². The minimum atomic E-state index is -1.13. The maximum absolute atomic E-state index is 14.5. The van der Waals surface area contributed by atoms with Gasteiger partial charge in [-0.3, -0.25) is 28.8 Å². The lowest BCUT2D eigenvalue weighted by Crippen LogP contribution is -2.57. The third-order valence-corrected chi connectivity index (χ3v) is 10.9. The van der Waals surface area contributed by atoms with Crippen molar-refractivity contribution in [3.63, 3.8) is 0 Å². The lowest BCUT2D eigenvalue weighted by atomic mass is 9.77. The van der Waals surface area contributed by atoms with Crippen molar-refractivity contribution in [1.82, 2.24) is 25.8 Å². The molecule has 11 nitrogen and oxygen atoms in total. The van der Waals surface area contributed by atoms with Gasteiger partial charge in [-0.05, 0) is 53.1 Å². The van der Waals surface area contributed by atoms with Gasteiger partial charge in [0.05, 0.1) is 18.0 Å². The average Bonchev–Trinajstić information content (AvgIpc) is 3.31. The molecule has 0 spiro atoms. The molecule has 1 aromatic carbocycles. The number of benzene rings is 1. The van der Waals surface area contributed by atoms with Crippen LogP contribution in [0.5, 0.6) is 0 Å². The van der Waals surface area contributed by atoms with Crippen LogP contribution in [0.15, 0.2) is 24.3 Å². The monoisotopic (exact) mass is 689 g/mol. The summed E-state index contributed by atoms with van der Waals surface area (Å²) in [6.45, 7) is 18.9. The average molecular weight is 690 g/mol. The van der Waals surface area contributed by atoms with E-state index in [9.17, 15) is 28.8 Å². The molecule has 3 aliphatic rings. The van der Waals surface area contributed by atoms with Gasteiger partial charge in [0.1, 0.15) is 6.04 Å². The van der Waals surface area contributed by atoms with Crippen LogP contribution in [0.2, 0.25) is 0 Å². The number of carbonyl (C=O) groups is 6. The van der Waals surface area contributed by atoms with Gasteiger partial charge < -0.3 is 25.8 Å². The van der Waals surface area contributed by atoms with Crippen LogP contribution < -0.4 is 16.0 Å². The number of Topliss-reactive ketones (excluding diaryl/α,β-unsaturated/α-hetero) is 1. The van der Waals surface area contributed by atoms with E-state index in [1.165, 1.54) is 0 Å². The Morgan fingerprint density at radius 2 is 1.68 bits per heavy atom. The Kier molecular flexibility index (Phi) is 11.2. The summed E-state index contributed by atoms with van der Waals surface area (Å²) in [5.74, 6) is -1.12. The third-order valence-electron chi connectivity index (χ3n) is 10.9. The second-order valence-corrected chi connectivity index (χ2v) is 16.9. The largest absolute Gasteiger partial charge is 0.351 e. The van der Waals surface area contributed by atoms with Crippen LogP contribution in [0.3, 0.4) is 0 Å². The Bertz CT molecular complexity index is 1560. The number of nitrogens with one attached hydrogen (secondary N) is 3. The lowest BCUT2D eigenvalue weighted by Gasteiger charge is -2.38. The van der Waals surface area contributed by atoms with Gasteiger partial charge in [-0.15, -0.1) is 12.3 Å². The number of piperidine rings is 1. The van der Waals surface area contributed by atoms with Crippen molar-refractivity contribution < 1.29 is 28.8 Å². The number of rotatable bonds is 13. The van der Waals surface area contributed by atoms with E-state index in [0.717, 1.165) is 5.56 Å². The normalized spacial score (nSPS) is 22.4. The van der Waals surface area contributed by atoms with Crippen LogP contribution in [-0.2, 0) is 30.5 Å². The van der Waals surface area contributed by atoms with Crippen LogP contribution in [-0.4, -0.2) is 82.9 Å². The summed E-state index contributed by atoms with van der Waals surface area (Å²) in [6, 6.07) is 5.13. The molecule has 1 aliphatic carbocycles. The maximum Gasteiger partial charge on any atom is 0.289 e. The smallest absolute Gasteiger partial charge is 0.289 e. The zero-order valence-electron chi connectivity index (χ0n) is 31.1. The van der Waals surface area contributed by atoms with Crippen molar-refractivity contribution in [3.8, 4) is 12.3 Å². The molecule has 1 saturated carbocycles. The van der Waals surface area contributed by atoms with E-state index in [0.29, 0.717) is 25.2 Å². The Labute approximate surface area is 297 Å². The topological polar surface area (TPSA) is 145 Å². The molecule has 2 fully saturated rings. The molecule has 6 atom stereocenters. The molecule has 3 N–H and O–H groups in total. The molecule has 0 bridgehead atoms. The molecule has 4 rings (SSSR count). The number of likely N-dealkylation sites (N-methyl/N-ethyl adjacent to an activating group) is 1. The van der Waals surface area contributed by atoms with Crippen molar-refractivity contribution >= 4 is 35.3 Å². The molecule has 272 valence electrons. The Morgan fingerprint density at radius 1 is 1.02 bits per heavy atom. The number of ketones is 1. The van der Waals surface area contributed by atoms with Crippen molar-refractivity contribution in [2.75, 3.05) is 19.6 Å². The number of hydrogen-bond donors (Lipinski definition) is 3. The van der Waals surface area contributed by atoms with Gasteiger partial charge in [-0.1, -0.05) is 73.6 Å². The first kappa shape index (κ1) is 38.6. The highest BCUT2D eigenvalue weighted by Crippen LogP contribution is 2.65. The Balaban J connectivity index is 1.52. The van der Waals surface area contributed by atoms with Crippen LogP contribution in [0.25, 0.3) is 0 Å². The molecule has 0 aromatic heterocycles. The van der Waals surface area contributed by atoms with Crippen LogP contribution in [0, 0.1) is 46.3 Å². The molecule has 2 aliphatic heterocycles. The first-order valence-electron chi connectivity index (χ1n) is 17.8. The molecule has 2 heterocycles. The Hall–Kier alpha value is -4.20. The zero-order chi connectivity index (χ0) is 37.3. The predicted molar refractivity (Wildman–Crippen MR) is 190 cm³/mol. The maximum atomic E-state index is 14.5. The van der Waals surface area contributed by atoms with Gasteiger partial charge in [-0.25, -0.2) is 0 Å². The van der Waals surface area contributed by atoms with E-state index < -0.39 is 46.4 Å². The number of fused-ring (bicyclic) bond motifs is 2. The summed E-state index contributed by atoms with van der Waals surface area (Å²) >= 11 is 0. The van der Waals surface area contributed by atoms with E-state index in [1.54, 1.807) is 16.7 Å². The molecule has 0 radical (unpaired) electrons. The predicted octanol–water partition coefficient (Wildman–Crippen LogP) is 3.31. The number of hydrogen-bond acceptors (Lipinski definition) is 6. The number of likely N-dealkylation sites (tertiary alicyclic amines) is 1. The first-order valence-corrected chi connectivity index (χ1v) is 17.8. The second kappa shape index (κ2) is 14.6. The summed E-state index contributed by atoms with van der Waals surface area (Å²) in [5.41, 5.74) is 0.406. The quantitative estimate of drug-likeness (QED) is 0.214. The number of amides is 5. The second-order valence-electron chi connectivity index (χ2n) is 16.9. The van der Waals surface area contributed by atoms with Crippen molar-refractivity contribution in [3.05, 3.63) is 35.4 Å². The van der Waals surface area contributed by atoms with Gasteiger partial charge in [0.15, 0.2) is 0 Å². The van der Waals surface area contributed by atoms with Gasteiger partial charge in [0.25, 0.3) is 11.8 Å². The molecular formula is C39H55N5O6. The van der Waals surface area contributed by atoms with E-state index in [2.05, 4.69) is 35.7 Å². The van der Waals surface area contributed by atoms with Crippen LogP contribution >= 0.6 is 0 Å². The zero-order valence-corrected chi connectivity index (χ0v) is 31.1. The van der Waals surface area contributed by atoms with E-state index >= 15 is 0 Å². The summed E-state index contributed by atoms with van der Waals surface area (Å²) in [7, 11) is 0. The Morgan fingerprint density at radius 3 is 2.26 bits per heavy atom. The minimum Gasteiger partial charge on any atom is -0.351 e. The summed E-state index contributed by atoms with van der Waals surface area (Å²) < 4.78 is 0. The summed E-state index contributed by atoms with van der Waals surface area (Å²) in [4.78, 5) is 84.2. The fourth-order valence-corrected chi connectivity index (χ4v) is 7.59. The van der Waals surface area contributed by atoms with E-state index in [1.807, 2.05) is 65.8 Å². The highest BCUT2D eigenvalue weighted by molar-refractivity contribution is 6.38. The molecular weight excluding hydrogens is 634 g/mol. The number of terminal acetylenes is 1. The molecule has 50 heavy (non-hydrogen) atoms. The van der Waals surface area contributed by atoms with Gasteiger partial charge in [-0.2, -0.15) is 0 Å². The minimum absolute atomic E-state index is 0.0686. The van der Waals surface area contributed by atoms with Gasteiger partial charge in [0.2, 0.25) is 23.5 Å². The first-order chi connectivity index (χ1) is 23.2. The lowest BCUT2D eigenvalue weighted by molar-refractivity contribution is -0.149. The fourth-order valence-electron chi connectivity index (χ4n) is 7.59. The molecule has 1 aromatic rings. The highest BCUT2D eigenvalue weighted by atomic mass is 16.2. The SMILES string of the molecule is C#CCCC(NC(=O)[C@@H]1[C@@H]2[C@H](CN1C(=O)[C@@H](CC(=O)N[C@H](CN1Cc3ccccc3C1=O)C(C)(C)C)C(C)(C)C)C2(C)C)C(=O)C(=O)NCC. The standard InChI is InChI=1S/C39H55N5O6/c1-11-13-18-27(32(46)34(48)40-12-2)41-33(47)31-30-26(39(30,9)10)21-44(31)36(50)25(37(3,4)5)19-29(45)42-28(38(6,7)8)22-43-20-23-16-14-15-17-24(23)35(43)49/h1,14-17,25-28,30-31H,12-13,18-22H2,2-10H3,(H,40,48)(H,41,47)(H,42,45)/t25-,26+,27?,28-,30+,31+/m1/s1. The number of carbonyl (C=O) groups excluding carboxylic acids is 6. The van der Waals surface area contributed by atoms with Crippen molar-refractivity contribution in [2.45, 2.75) is 106 Å². The summed E-state index contributed by atoms with van der Waals surface area (Å²) in [6.07, 6.45) is 5.61. The van der Waals surface area contributed by atoms with E-state index in [-0.39, 0.29) is 66.8 Å². The highest BCUT2D eigenvalue weighted by Gasteiger charge is 2.69. The summed E-state index contributed by atoms with van der Waals surface area (Å²) in [5, 5.41) is 8.40. The number of nitrogens with zero attached hydrogens (tertiary/aromatic N) is 2. The van der Waals surface area contributed by atoms with Crippen LogP contribution in [0.1, 0.15) is 97.5 Å². The third kappa shape index (κ3) is 8.06. The molecule has 1 saturated heterocycles. The van der Waals surface area contributed by atoms with Gasteiger partial charge in [0, 0.05) is 44.6 Å². The van der Waals surface area contributed by atoms with Crippen molar-refractivity contribution in [2.24, 2.45) is 34.0 Å². The van der Waals surface area contributed by atoms with Crippen LogP contribution in [0.4, 0.5) is 0 Å². The van der Waals surface area contributed by atoms with E-state index in [4.69, 9.17) is 6.42 Å². The fraction of sp³-hybridized carbons (Fsp3) is 0.641. The molecule has 5 amide bonds. The molecule has 1 unspecified atom stereocenters.